The van der Waals surface area contributed by atoms with E-state index >= 15 is 0 Å². The topological polar surface area (TPSA) is 64.4 Å². The van der Waals surface area contributed by atoms with Gasteiger partial charge in [0, 0.05) is 24.3 Å². The van der Waals surface area contributed by atoms with Gasteiger partial charge in [-0.15, -0.1) is 0 Å². The number of nitrogens with one attached hydrogen (secondary N) is 1. The Balaban J connectivity index is 1.53. The van der Waals surface area contributed by atoms with E-state index in [0.717, 1.165) is 11.1 Å². The fourth-order valence-electron chi connectivity index (χ4n) is 3.37. The van der Waals surface area contributed by atoms with Crippen molar-refractivity contribution in [2.24, 2.45) is 0 Å². The van der Waals surface area contributed by atoms with E-state index in [4.69, 9.17) is 9.15 Å². The summed E-state index contributed by atoms with van der Waals surface area (Å²) in [6.07, 6.45) is 1.57. The van der Waals surface area contributed by atoms with Crippen molar-refractivity contribution in [1.82, 2.24) is 10.3 Å². The fraction of sp³-hybridized carbons (Fsp3) is 0.154. The Morgan fingerprint density at radius 1 is 1.00 bits per heavy atom. The van der Waals surface area contributed by atoms with Gasteiger partial charge in [-0.2, -0.15) is 0 Å². The first-order valence-corrected chi connectivity index (χ1v) is 10.4. The molecule has 0 saturated heterocycles. The second kappa shape index (κ2) is 10.0. The van der Waals surface area contributed by atoms with Crippen LogP contribution in [0.1, 0.15) is 28.4 Å². The van der Waals surface area contributed by atoms with Crippen LogP contribution in [0.4, 0.5) is 4.39 Å². The number of hydrogen-bond acceptors (Lipinski definition) is 4. The number of amides is 1. The zero-order valence-corrected chi connectivity index (χ0v) is 17.7. The van der Waals surface area contributed by atoms with Crippen LogP contribution >= 0.6 is 0 Å². The van der Waals surface area contributed by atoms with E-state index in [1.165, 1.54) is 12.1 Å². The number of nitrogens with zero attached hydrogens (tertiary/aromatic N) is 1. The van der Waals surface area contributed by atoms with Crippen molar-refractivity contribution in [2.45, 2.75) is 20.1 Å². The second-order valence-corrected chi connectivity index (χ2v) is 7.17. The van der Waals surface area contributed by atoms with E-state index in [1.54, 1.807) is 36.5 Å². The summed E-state index contributed by atoms with van der Waals surface area (Å²) >= 11 is 0. The third-order valence-electron chi connectivity index (χ3n) is 5.06. The van der Waals surface area contributed by atoms with Crippen molar-refractivity contribution < 1.29 is 18.3 Å². The Labute approximate surface area is 185 Å². The van der Waals surface area contributed by atoms with Crippen LogP contribution in [0.25, 0.3) is 22.8 Å². The second-order valence-electron chi connectivity index (χ2n) is 7.17. The lowest BCUT2D eigenvalue weighted by atomic mass is 10.1. The maximum absolute atomic E-state index is 13.2. The highest BCUT2D eigenvalue weighted by Crippen LogP contribution is 2.28. The fourth-order valence-corrected chi connectivity index (χ4v) is 3.37. The molecule has 0 fully saturated rings. The van der Waals surface area contributed by atoms with E-state index in [0.29, 0.717) is 48.1 Å². The predicted molar refractivity (Wildman–Crippen MR) is 120 cm³/mol. The Morgan fingerprint density at radius 2 is 1.72 bits per heavy atom. The summed E-state index contributed by atoms with van der Waals surface area (Å²) in [5.74, 6) is 0.276. The minimum absolute atomic E-state index is 0.228. The van der Waals surface area contributed by atoms with E-state index in [-0.39, 0.29) is 11.7 Å². The Morgan fingerprint density at radius 3 is 2.50 bits per heavy atom. The molecule has 6 heteroatoms. The molecule has 1 N–H and O–H groups in total. The molecular weight excluding hydrogens is 407 g/mol. The van der Waals surface area contributed by atoms with Gasteiger partial charge in [-0.25, -0.2) is 9.37 Å². The Bertz CT molecular complexity index is 1200. The van der Waals surface area contributed by atoms with Gasteiger partial charge in [-0.1, -0.05) is 36.4 Å². The molecular formula is C26H23FN2O3. The SMILES string of the molecule is CCOCc1ccccc1CNC(=O)c1ccccc1-c1ncc(-c2ccc(F)cc2)o1. The summed E-state index contributed by atoms with van der Waals surface area (Å²) in [4.78, 5) is 17.3. The molecule has 0 bridgehead atoms. The summed E-state index contributed by atoms with van der Waals surface area (Å²) in [6, 6.07) is 21.0. The van der Waals surface area contributed by atoms with Crippen molar-refractivity contribution in [2.75, 3.05) is 6.61 Å². The number of oxazole rings is 1. The summed E-state index contributed by atoms with van der Waals surface area (Å²) in [7, 11) is 0. The predicted octanol–water partition coefficient (Wildman–Crippen LogP) is 5.61. The molecule has 32 heavy (non-hydrogen) atoms. The van der Waals surface area contributed by atoms with Gasteiger partial charge in [0.15, 0.2) is 5.76 Å². The molecule has 0 aliphatic rings. The van der Waals surface area contributed by atoms with Crippen LogP contribution < -0.4 is 5.32 Å². The van der Waals surface area contributed by atoms with Gasteiger partial charge in [0.1, 0.15) is 5.82 Å². The molecule has 0 saturated carbocycles. The summed E-state index contributed by atoms with van der Waals surface area (Å²) in [6.45, 7) is 3.46. The Hall–Kier alpha value is -3.77. The zero-order chi connectivity index (χ0) is 22.3. The molecule has 0 spiro atoms. The lowest BCUT2D eigenvalue weighted by molar-refractivity contribution is 0.0950. The zero-order valence-electron chi connectivity index (χ0n) is 17.7. The third-order valence-corrected chi connectivity index (χ3v) is 5.06. The van der Waals surface area contributed by atoms with E-state index in [9.17, 15) is 9.18 Å². The van der Waals surface area contributed by atoms with Crippen LogP contribution in [0.2, 0.25) is 0 Å². The lowest BCUT2D eigenvalue weighted by Crippen LogP contribution is -2.24. The van der Waals surface area contributed by atoms with E-state index < -0.39 is 0 Å². The number of aromatic nitrogens is 1. The monoisotopic (exact) mass is 430 g/mol. The number of rotatable bonds is 8. The van der Waals surface area contributed by atoms with Gasteiger partial charge in [0.05, 0.1) is 18.4 Å². The maximum atomic E-state index is 13.2. The summed E-state index contributed by atoms with van der Waals surface area (Å²) in [5, 5.41) is 2.98. The quantitative estimate of drug-likeness (QED) is 0.394. The van der Waals surface area contributed by atoms with Gasteiger partial charge in [0.25, 0.3) is 5.91 Å². The highest BCUT2D eigenvalue weighted by molar-refractivity contribution is 6.00. The van der Waals surface area contributed by atoms with Crippen LogP contribution in [0.3, 0.4) is 0 Å². The van der Waals surface area contributed by atoms with E-state index in [2.05, 4.69) is 10.3 Å². The number of carbonyl (C=O) groups excluding carboxylic acids is 1. The molecule has 1 heterocycles. The molecule has 0 unspecified atom stereocenters. The minimum atomic E-state index is -0.321. The summed E-state index contributed by atoms with van der Waals surface area (Å²) < 4.78 is 24.6. The largest absolute Gasteiger partial charge is 0.436 e. The number of hydrogen-bond donors (Lipinski definition) is 1. The minimum Gasteiger partial charge on any atom is -0.436 e. The van der Waals surface area contributed by atoms with E-state index in [1.807, 2.05) is 37.3 Å². The van der Waals surface area contributed by atoms with Crippen LogP contribution in [0.15, 0.2) is 83.4 Å². The number of benzene rings is 3. The molecule has 0 atom stereocenters. The van der Waals surface area contributed by atoms with Gasteiger partial charge >= 0.3 is 0 Å². The van der Waals surface area contributed by atoms with Crippen LogP contribution in [-0.4, -0.2) is 17.5 Å². The van der Waals surface area contributed by atoms with Crippen LogP contribution in [0.5, 0.6) is 0 Å². The molecule has 3 aromatic carbocycles. The first kappa shape index (κ1) is 21.5. The third kappa shape index (κ3) is 4.92. The molecule has 5 nitrogen and oxygen atoms in total. The lowest BCUT2D eigenvalue weighted by Gasteiger charge is -2.12. The van der Waals surface area contributed by atoms with Gasteiger partial charge in [-0.05, 0) is 54.4 Å². The standard InChI is InChI=1S/C26H23FN2O3/c1-2-31-17-20-8-4-3-7-19(20)15-28-25(30)22-9-5-6-10-23(22)26-29-16-24(32-26)18-11-13-21(27)14-12-18/h3-14,16H,2,15,17H2,1H3,(H,28,30). The van der Waals surface area contributed by atoms with Gasteiger partial charge < -0.3 is 14.5 Å². The molecule has 4 aromatic rings. The average Bonchev–Trinajstić information content (AvgIpc) is 3.32. The van der Waals surface area contributed by atoms with Gasteiger partial charge in [-0.3, -0.25) is 4.79 Å². The molecule has 0 radical (unpaired) electrons. The molecule has 0 aliphatic carbocycles. The summed E-state index contributed by atoms with van der Waals surface area (Å²) in [5.41, 5.74) is 3.79. The van der Waals surface area contributed by atoms with Crippen molar-refractivity contribution in [1.29, 1.82) is 0 Å². The average molecular weight is 430 g/mol. The molecule has 1 amide bonds. The smallest absolute Gasteiger partial charge is 0.252 e. The van der Waals surface area contributed by atoms with Crippen molar-refractivity contribution in [3.8, 4) is 22.8 Å². The maximum Gasteiger partial charge on any atom is 0.252 e. The van der Waals surface area contributed by atoms with Crippen LogP contribution in [-0.2, 0) is 17.9 Å². The van der Waals surface area contributed by atoms with Crippen molar-refractivity contribution in [3.63, 3.8) is 0 Å². The number of carbonyl (C=O) groups is 1. The van der Waals surface area contributed by atoms with Crippen molar-refractivity contribution >= 4 is 5.91 Å². The van der Waals surface area contributed by atoms with Gasteiger partial charge in [0.2, 0.25) is 5.89 Å². The first-order valence-electron chi connectivity index (χ1n) is 10.4. The molecule has 4 rings (SSSR count). The van der Waals surface area contributed by atoms with Crippen molar-refractivity contribution in [3.05, 3.63) is 102 Å². The highest BCUT2D eigenvalue weighted by Gasteiger charge is 2.17. The highest BCUT2D eigenvalue weighted by atomic mass is 19.1. The molecule has 0 aliphatic heterocycles. The molecule has 162 valence electrons. The van der Waals surface area contributed by atoms with Crippen LogP contribution in [0, 0.1) is 5.82 Å². The molecule has 1 aromatic heterocycles. The normalized spacial score (nSPS) is 10.8. The number of halogens is 1. The first-order chi connectivity index (χ1) is 15.7. The number of ether oxygens (including phenoxy) is 1. The Kier molecular flexibility index (Phi) is 6.72.